The van der Waals surface area contributed by atoms with Crippen LogP contribution in [0.4, 0.5) is 5.82 Å². The summed E-state index contributed by atoms with van der Waals surface area (Å²) in [5, 5.41) is 16.3. The van der Waals surface area contributed by atoms with Gasteiger partial charge in [-0.3, -0.25) is 19.5 Å². The summed E-state index contributed by atoms with van der Waals surface area (Å²) >= 11 is 0. The number of carbonyl (C=O) groups is 1. The Morgan fingerprint density at radius 2 is 1.82 bits per heavy atom. The van der Waals surface area contributed by atoms with E-state index < -0.39 is 17.5 Å². The zero-order chi connectivity index (χ0) is 31.0. The SMILES string of the molecule is O=C(NCC#Cc1ccc2ncc(N[C@H]3CC[C@H](N4CCOCC4)CC3)nc2c1)c1cccn([C@H](CO)c2ccccc2)c1=O. The lowest BCUT2D eigenvalue weighted by atomic mass is 9.90. The number of nitrogens with one attached hydrogen (secondary N) is 2. The van der Waals surface area contributed by atoms with Gasteiger partial charge in [0.2, 0.25) is 0 Å². The topological polar surface area (TPSA) is 122 Å². The van der Waals surface area contributed by atoms with E-state index in [1.54, 1.807) is 18.5 Å². The van der Waals surface area contributed by atoms with Crippen LogP contribution in [0.5, 0.6) is 0 Å². The molecule has 3 N–H and O–H groups in total. The molecule has 10 nitrogen and oxygen atoms in total. The van der Waals surface area contributed by atoms with Gasteiger partial charge in [-0.25, -0.2) is 4.98 Å². The van der Waals surface area contributed by atoms with Crippen LogP contribution in [0.2, 0.25) is 0 Å². The molecule has 1 atom stereocenters. The Morgan fingerprint density at radius 1 is 1.02 bits per heavy atom. The molecular formula is C35H38N6O4. The minimum absolute atomic E-state index is 0.00993. The van der Waals surface area contributed by atoms with Gasteiger partial charge < -0.3 is 25.0 Å². The lowest BCUT2D eigenvalue weighted by Gasteiger charge is -2.39. The van der Waals surface area contributed by atoms with Crippen molar-refractivity contribution in [1.29, 1.82) is 0 Å². The molecule has 232 valence electrons. The van der Waals surface area contributed by atoms with Crippen LogP contribution >= 0.6 is 0 Å². The molecule has 0 radical (unpaired) electrons. The average molecular weight is 607 g/mol. The smallest absolute Gasteiger partial charge is 0.264 e. The summed E-state index contributed by atoms with van der Waals surface area (Å²) in [5.74, 6) is 6.28. The Bertz CT molecular complexity index is 1730. The molecule has 2 aliphatic rings. The van der Waals surface area contributed by atoms with Crippen LogP contribution in [0.3, 0.4) is 0 Å². The zero-order valence-electron chi connectivity index (χ0n) is 25.2. The van der Waals surface area contributed by atoms with Crippen LogP contribution in [-0.4, -0.2) is 82.0 Å². The minimum atomic E-state index is -0.589. The maximum absolute atomic E-state index is 13.1. The second-order valence-corrected chi connectivity index (χ2v) is 11.5. The van der Waals surface area contributed by atoms with Crippen molar-refractivity contribution in [3.8, 4) is 11.8 Å². The number of aliphatic hydroxyl groups excluding tert-OH is 1. The van der Waals surface area contributed by atoms with E-state index in [-0.39, 0.29) is 18.7 Å². The first kappa shape index (κ1) is 30.5. The summed E-state index contributed by atoms with van der Waals surface area (Å²) < 4.78 is 6.89. The number of anilines is 1. The number of aromatic nitrogens is 3. The highest BCUT2D eigenvalue weighted by atomic mass is 16.5. The molecule has 0 bridgehead atoms. The molecule has 0 spiro atoms. The fourth-order valence-corrected chi connectivity index (χ4v) is 6.22. The first-order valence-electron chi connectivity index (χ1n) is 15.6. The quantitative estimate of drug-likeness (QED) is 0.262. The summed E-state index contributed by atoms with van der Waals surface area (Å²) in [6.07, 6.45) is 7.92. The summed E-state index contributed by atoms with van der Waals surface area (Å²) in [6.45, 7) is 3.53. The number of morpholine rings is 1. The Morgan fingerprint density at radius 3 is 2.60 bits per heavy atom. The van der Waals surface area contributed by atoms with Crippen LogP contribution in [0.25, 0.3) is 11.0 Å². The maximum Gasteiger partial charge on any atom is 0.264 e. The molecule has 0 unspecified atom stereocenters. The molecule has 2 fully saturated rings. The largest absolute Gasteiger partial charge is 0.394 e. The Hall–Kier alpha value is -4.56. The molecule has 1 saturated heterocycles. The standard InChI is InChI=1S/C35H38N6O4/c42-24-32(26-7-2-1-3-8-26)41-17-5-9-29(35(41)44)34(43)36-16-4-6-25-10-15-30-31(22-25)39-33(23-37-30)38-27-11-13-28(14-12-27)40-18-20-45-21-19-40/h1-3,5,7-10,15,17,22-23,27-28,32,42H,11-14,16,18-21,24H2,(H,36,43)(H,38,39)/t27-,28-,32-/m1/s1. The molecule has 6 rings (SSSR count). The van der Waals surface area contributed by atoms with E-state index >= 15 is 0 Å². The van der Waals surface area contributed by atoms with Gasteiger partial charge in [0.1, 0.15) is 11.4 Å². The number of hydrogen-bond donors (Lipinski definition) is 3. The van der Waals surface area contributed by atoms with Gasteiger partial charge in [-0.2, -0.15) is 0 Å². The number of amides is 1. The van der Waals surface area contributed by atoms with Crippen LogP contribution in [-0.2, 0) is 4.74 Å². The van der Waals surface area contributed by atoms with Crippen LogP contribution in [0.15, 0.2) is 77.9 Å². The summed E-state index contributed by atoms with van der Waals surface area (Å²) in [7, 11) is 0. The third-order valence-corrected chi connectivity index (χ3v) is 8.64. The summed E-state index contributed by atoms with van der Waals surface area (Å²) in [6, 6.07) is 18.4. The second-order valence-electron chi connectivity index (χ2n) is 11.5. The molecule has 10 heteroatoms. The van der Waals surface area contributed by atoms with Gasteiger partial charge >= 0.3 is 0 Å². The van der Waals surface area contributed by atoms with Gasteiger partial charge in [-0.15, -0.1) is 0 Å². The first-order chi connectivity index (χ1) is 22.1. The average Bonchev–Trinajstić information content (AvgIpc) is 3.09. The molecule has 4 aromatic rings. The normalized spacial score (nSPS) is 19.3. The monoisotopic (exact) mass is 606 g/mol. The minimum Gasteiger partial charge on any atom is -0.394 e. The Balaban J connectivity index is 1.05. The predicted molar refractivity (Wildman–Crippen MR) is 173 cm³/mol. The number of fused-ring (bicyclic) bond motifs is 1. The summed E-state index contributed by atoms with van der Waals surface area (Å²) in [5.41, 5.74) is 2.58. The van der Waals surface area contributed by atoms with Crippen molar-refractivity contribution >= 4 is 22.8 Å². The van der Waals surface area contributed by atoms with E-state index in [1.807, 2.05) is 48.5 Å². The van der Waals surface area contributed by atoms with E-state index in [2.05, 4.69) is 32.4 Å². The molecular weight excluding hydrogens is 568 g/mol. The van der Waals surface area contributed by atoms with E-state index in [0.717, 1.165) is 67.1 Å². The Kier molecular flexibility index (Phi) is 9.80. The van der Waals surface area contributed by atoms with Gasteiger partial charge in [0.15, 0.2) is 0 Å². The van der Waals surface area contributed by atoms with Gasteiger partial charge in [-0.1, -0.05) is 42.2 Å². The fourth-order valence-electron chi connectivity index (χ4n) is 6.22. The third-order valence-electron chi connectivity index (χ3n) is 8.64. The highest BCUT2D eigenvalue weighted by Gasteiger charge is 2.27. The predicted octanol–water partition coefficient (Wildman–Crippen LogP) is 3.21. The van der Waals surface area contributed by atoms with Crippen molar-refractivity contribution in [3.63, 3.8) is 0 Å². The van der Waals surface area contributed by atoms with E-state index in [0.29, 0.717) is 12.1 Å². The van der Waals surface area contributed by atoms with Crippen molar-refractivity contribution in [3.05, 3.63) is 100 Å². The number of nitrogens with zero attached hydrogens (tertiary/aromatic N) is 4. The number of pyridine rings is 1. The molecule has 1 aliphatic heterocycles. The maximum atomic E-state index is 13.1. The third kappa shape index (κ3) is 7.40. The summed E-state index contributed by atoms with van der Waals surface area (Å²) in [4.78, 5) is 37.9. The molecule has 1 aliphatic carbocycles. The molecule has 2 aromatic heterocycles. The van der Waals surface area contributed by atoms with Gasteiger partial charge in [0.25, 0.3) is 11.5 Å². The van der Waals surface area contributed by atoms with Crippen LogP contribution < -0.4 is 16.2 Å². The highest BCUT2D eigenvalue weighted by molar-refractivity contribution is 5.94. The number of carbonyl (C=O) groups excluding carboxylic acids is 1. The van der Waals surface area contributed by atoms with Crippen molar-refractivity contribution in [1.82, 2.24) is 24.8 Å². The van der Waals surface area contributed by atoms with Crippen molar-refractivity contribution in [2.45, 2.75) is 43.8 Å². The molecule has 2 aromatic carbocycles. The van der Waals surface area contributed by atoms with Gasteiger partial charge in [0.05, 0.1) is 49.6 Å². The molecule has 45 heavy (non-hydrogen) atoms. The van der Waals surface area contributed by atoms with E-state index in [1.165, 1.54) is 23.5 Å². The second kappa shape index (κ2) is 14.5. The number of hydrogen-bond acceptors (Lipinski definition) is 8. The number of benzene rings is 2. The van der Waals surface area contributed by atoms with E-state index in [4.69, 9.17) is 9.72 Å². The van der Waals surface area contributed by atoms with Crippen molar-refractivity contribution < 1.29 is 14.6 Å². The lowest BCUT2D eigenvalue weighted by Crippen LogP contribution is -2.46. The van der Waals surface area contributed by atoms with Gasteiger partial charge in [0, 0.05) is 36.9 Å². The van der Waals surface area contributed by atoms with Crippen molar-refractivity contribution in [2.75, 3.05) is 44.8 Å². The first-order valence-corrected chi connectivity index (χ1v) is 15.6. The molecule has 1 saturated carbocycles. The van der Waals surface area contributed by atoms with E-state index in [9.17, 15) is 14.7 Å². The van der Waals surface area contributed by atoms with Crippen molar-refractivity contribution in [2.24, 2.45) is 0 Å². The van der Waals surface area contributed by atoms with Crippen LogP contribution in [0, 0.1) is 11.8 Å². The van der Waals surface area contributed by atoms with Gasteiger partial charge in [-0.05, 0) is 61.6 Å². The lowest BCUT2D eigenvalue weighted by molar-refractivity contribution is 0.00790. The van der Waals surface area contributed by atoms with Crippen LogP contribution in [0.1, 0.15) is 53.2 Å². The number of ether oxygens (including phenoxy) is 1. The highest BCUT2D eigenvalue weighted by Crippen LogP contribution is 2.26. The molecule has 3 heterocycles. The molecule has 1 amide bonds. The fraction of sp³-hybridized carbons (Fsp3) is 0.371. The number of aliphatic hydroxyl groups is 1. The Labute approximate surface area is 262 Å². The number of rotatable bonds is 8. The zero-order valence-corrected chi connectivity index (χ0v) is 25.2.